The minimum atomic E-state index is -0.503. The van der Waals surface area contributed by atoms with Gasteiger partial charge in [0.1, 0.15) is 17.2 Å². The number of nitrogens with zero attached hydrogens (tertiary/aromatic N) is 1. The average molecular weight is 315 g/mol. The zero-order valence-corrected chi connectivity index (χ0v) is 12.6. The van der Waals surface area contributed by atoms with Crippen molar-refractivity contribution in [3.63, 3.8) is 0 Å². The smallest absolute Gasteiger partial charge is 0.314 e. The van der Waals surface area contributed by atoms with Crippen LogP contribution in [0, 0.1) is 15.9 Å². The molecule has 1 aromatic heterocycles. The van der Waals surface area contributed by atoms with E-state index in [1.54, 1.807) is 38.1 Å². The summed E-state index contributed by atoms with van der Waals surface area (Å²) >= 11 is 0. The Morgan fingerprint density at radius 2 is 1.87 bits per heavy atom. The van der Waals surface area contributed by atoms with E-state index in [1.807, 2.05) is 0 Å². The molecule has 0 saturated heterocycles. The summed E-state index contributed by atoms with van der Waals surface area (Å²) in [5.74, 6) is 0.369. The summed E-state index contributed by atoms with van der Waals surface area (Å²) in [6.07, 6.45) is -0.186. The van der Waals surface area contributed by atoms with Gasteiger partial charge in [-0.05, 0) is 50.2 Å². The minimum Gasteiger partial charge on any atom is -0.484 e. The Bertz CT molecular complexity index is 868. The highest BCUT2D eigenvalue weighted by molar-refractivity contribution is 5.86. The highest BCUT2D eigenvalue weighted by Gasteiger charge is 2.20. The van der Waals surface area contributed by atoms with Crippen LogP contribution in [0.25, 0.3) is 22.3 Å². The maximum Gasteiger partial charge on any atom is 0.314 e. The largest absolute Gasteiger partial charge is 0.484 e. The molecular formula is C17H14FNO4. The highest BCUT2D eigenvalue weighted by atomic mass is 19.1. The molecule has 0 atom stereocenters. The highest BCUT2D eigenvalue weighted by Crippen LogP contribution is 2.36. The van der Waals surface area contributed by atoms with Gasteiger partial charge in [0, 0.05) is 10.9 Å². The first kappa shape index (κ1) is 15.0. The second-order valence-electron chi connectivity index (χ2n) is 5.40. The molecule has 0 fully saturated rings. The summed E-state index contributed by atoms with van der Waals surface area (Å²) < 4.78 is 24.2. The lowest BCUT2D eigenvalue weighted by molar-refractivity contribution is -0.385. The van der Waals surface area contributed by atoms with Crippen LogP contribution in [0.15, 0.2) is 46.9 Å². The number of benzene rings is 2. The molecule has 0 spiro atoms. The third-order valence-corrected chi connectivity index (χ3v) is 3.29. The number of rotatable bonds is 4. The van der Waals surface area contributed by atoms with Crippen molar-refractivity contribution in [1.29, 1.82) is 0 Å². The molecule has 0 N–H and O–H groups in total. The molecule has 0 aliphatic carbocycles. The van der Waals surface area contributed by atoms with Gasteiger partial charge >= 0.3 is 5.69 Å². The molecule has 0 bridgehead atoms. The van der Waals surface area contributed by atoms with E-state index in [9.17, 15) is 14.5 Å². The van der Waals surface area contributed by atoms with Gasteiger partial charge in [0.2, 0.25) is 0 Å². The number of hydrogen-bond acceptors (Lipinski definition) is 4. The van der Waals surface area contributed by atoms with Crippen molar-refractivity contribution in [2.75, 3.05) is 0 Å². The Morgan fingerprint density at radius 3 is 2.48 bits per heavy atom. The summed E-state index contributed by atoms with van der Waals surface area (Å²) in [6, 6.07) is 10.5. The summed E-state index contributed by atoms with van der Waals surface area (Å²) in [5, 5.41) is 11.9. The monoisotopic (exact) mass is 315 g/mol. The quantitative estimate of drug-likeness (QED) is 0.505. The number of nitro groups is 1. The van der Waals surface area contributed by atoms with Crippen LogP contribution >= 0.6 is 0 Å². The fourth-order valence-corrected chi connectivity index (χ4v) is 2.30. The van der Waals surface area contributed by atoms with Crippen LogP contribution in [-0.2, 0) is 0 Å². The van der Waals surface area contributed by atoms with Gasteiger partial charge in [0.25, 0.3) is 0 Å². The molecule has 0 amide bonds. The summed E-state index contributed by atoms with van der Waals surface area (Å²) in [6.45, 7) is 3.60. The van der Waals surface area contributed by atoms with Crippen LogP contribution in [0.3, 0.4) is 0 Å². The third kappa shape index (κ3) is 3.01. The van der Waals surface area contributed by atoms with E-state index in [-0.39, 0.29) is 23.4 Å². The number of halogens is 1. The molecular weight excluding hydrogens is 301 g/mol. The molecule has 2 aromatic carbocycles. The van der Waals surface area contributed by atoms with Gasteiger partial charge in [0.15, 0.2) is 5.75 Å². The van der Waals surface area contributed by atoms with Crippen LogP contribution in [-0.4, -0.2) is 11.0 Å². The van der Waals surface area contributed by atoms with Crippen molar-refractivity contribution in [3.8, 4) is 17.1 Å². The Labute approximate surface area is 131 Å². The van der Waals surface area contributed by atoms with Gasteiger partial charge in [-0.15, -0.1) is 0 Å². The van der Waals surface area contributed by atoms with E-state index in [2.05, 4.69) is 0 Å². The number of furan rings is 1. The fraction of sp³-hybridized carbons (Fsp3) is 0.176. The van der Waals surface area contributed by atoms with Gasteiger partial charge in [-0.2, -0.15) is 0 Å². The van der Waals surface area contributed by atoms with E-state index in [4.69, 9.17) is 9.15 Å². The van der Waals surface area contributed by atoms with E-state index >= 15 is 0 Å². The van der Waals surface area contributed by atoms with E-state index < -0.39 is 4.92 Å². The Morgan fingerprint density at radius 1 is 1.17 bits per heavy atom. The molecule has 6 heteroatoms. The fourth-order valence-electron chi connectivity index (χ4n) is 2.30. The van der Waals surface area contributed by atoms with Crippen LogP contribution in [0.2, 0.25) is 0 Å². The van der Waals surface area contributed by atoms with Crippen LogP contribution in [0.4, 0.5) is 10.1 Å². The Balaban J connectivity index is 2.11. The van der Waals surface area contributed by atoms with Gasteiger partial charge in [-0.1, -0.05) is 0 Å². The standard InChI is InChI=1S/C17H14FNO4/c1-10(2)22-17-8-12-7-15(11-3-5-13(18)6-4-11)23-16(12)9-14(17)19(20)21/h3-10H,1-2H3. The first-order valence-corrected chi connectivity index (χ1v) is 7.08. The normalized spacial score (nSPS) is 11.1. The Kier molecular flexibility index (Phi) is 3.73. The lowest BCUT2D eigenvalue weighted by Crippen LogP contribution is -2.07. The molecule has 0 radical (unpaired) electrons. The third-order valence-electron chi connectivity index (χ3n) is 3.29. The zero-order chi connectivity index (χ0) is 16.6. The molecule has 0 unspecified atom stereocenters. The van der Waals surface area contributed by atoms with Crippen LogP contribution in [0.1, 0.15) is 13.8 Å². The predicted molar refractivity (Wildman–Crippen MR) is 84.0 cm³/mol. The van der Waals surface area contributed by atoms with Crippen molar-refractivity contribution in [2.45, 2.75) is 20.0 Å². The SMILES string of the molecule is CC(C)Oc1cc2cc(-c3ccc(F)cc3)oc2cc1[N+](=O)[O-]. The van der Waals surface area contributed by atoms with Gasteiger partial charge < -0.3 is 9.15 Å². The van der Waals surface area contributed by atoms with E-state index in [0.717, 1.165) is 0 Å². The maximum atomic E-state index is 13.0. The molecule has 0 aliphatic heterocycles. The van der Waals surface area contributed by atoms with Crippen LogP contribution < -0.4 is 4.74 Å². The van der Waals surface area contributed by atoms with E-state index in [1.165, 1.54) is 18.2 Å². The molecule has 23 heavy (non-hydrogen) atoms. The molecule has 118 valence electrons. The summed E-state index contributed by atoms with van der Waals surface area (Å²) in [4.78, 5) is 10.7. The van der Waals surface area contributed by atoms with E-state index in [0.29, 0.717) is 22.3 Å². The van der Waals surface area contributed by atoms with Gasteiger partial charge in [-0.3, -0.25) is 10.1 Å². The maximum absolute atomic E-state index is 13.0. The van der Waals surface area contributed by atoms with Crippen molar-refractivity contribution >= 4 is 16.7 Å². The second kappa shape index (κ2) is 5.72. The number of ether oxygens (including phenoxy) is 1. The molecule has 0 aliphatic rings. The van der Waals surface area contributed by atoms with Crippen LogP contribution in [0.5, 0.6) is 5.75 Å². The molecule has 0 saturated carbocycles. The molecule has 5 nitrogen and oxygen atoms in total. The average Bonchev–Trinajstić information content (AvgIpc) is 2.89. The first-order valence-electron chi connectivity index (χ1n) is 7.08. The number of hydrogen-bond donors (Lipinski definition) is 0. The molecule has 3 aromatic rings. The topological polar surface area (TPSA) is 65.5 Å². The zero-order valence-electron chi connectivity index (χ0n) is 12.6. The first-order chi connectivity index (χ1) is 10.9. The lowest BCUT2D eigenvalue weighted by atomic mass is 10.1. The summed E-state index contributed by atoms with van der Waals surface area (Å²) in [5.41, 5.74) is 0.926. The molecule has 3 rings (SSSR count). The van der Waals surface area contributed by atoms with Crippen molar-refractivity contribution in [2.24, 2.45) is 0 Å². The van der Waals surface area contributed by atoms with Gasteiger partial charge in [0.05, 0.1) is 17.1 Å². The second-order valence-corrected chi connectivity index (χ2v) is 5.40. The van der Waals surface area contributed by atoms with Crippen molar-refractivity contribution in [1.82, 2.24) is 0 Å². The summed E-state index contributed by atoms with van der Waals surface area (Å²) in [7, 11) is 0. The predicted octanol–water partition coefficient (Wildman–Crippen LogP) is 4.93. The van der Waals surface area contributed by atoms with Crippen molar-refractivity contribution in [3.05, 3.63) is 58.4 Å². The van der Waals surface area contributed by atoms with Gasteiger partial charge in [-0.25, -0.2) is 4.39 Å². The molecule has 1 heterocycles. The minimum absolute atomic E-state index is 0.147. The van der Waals surface area contributed by atoms with Crippen molar-refractivity contribution < 1.29 is 18.5 Å². The lowest BCUT2D eigenvalue weighted by Gasteiger charge is -2.09. The number of fused-ring (bicyclic) bond motifs is 1. The Hall–Kier alpha value is -2.89. The number of nitro benzene ring substituents is 1.